The normalized spacial score (nSPS) is 11.1. The van der Waals surface area contributed by atoms with E-state index in [1.54, 1.807) is 0 Å². The van der Waals surface area contributed by atoms with Crippen LogP contribution in [0.4, 0.5) is 0 Å². The zero-order valence-electron chi connectivity index (χ0n) is 18.3. The molecule has 0 unspecified atom stereocenters. The number of tetrazole rings is 1. The van der Waals surface area contributed by atoms with Crippen LogP contribution in [0.25, 0.3) is 33.4 Å². The van der Waals surface area contributed by atoms with E-state index < -0.39 is 0 Å². The fourth-order valence-electron chi connectivity index (χ4n) is 3.94. The molecule has 2 heterocycles. The Labute approximate surface area is 191 Å². The Hall–Kier alpha value is -4.10. The van der Waals surface area contributed by atoms with E-state index in [1.807, 2.05) is 42.5 Å². The van der Waals surface area contributed by atoms with Crippen LogP contribution in [0.15, 0.2) is 72.8 Å². The van der Waals surface area contributed by atoms with Gasteiger partial charge in [0.1, 0.15) is 12.4 Å². The molecule has 3 N–H and O–H groups in total. The minimum absolute atomic E-state index is 0.448. The largest absolute Gasteiger partial charge is 0.488 e. The molecule has 7 nitrogen and oxygen atoms in total. The first kappa shape index (κ1) is 20.8. The van der Waals surface area contributed by atoms with Crippen molar-refractivity contribution in [3.63, 3.8) is 0 Å². The van der Waals surface area contributed by atoms with Crippen LogP contribution in [-0.4, -0.2) is 25.6 Å². The Morgan fingerprint density at radius 3 is 2.48 bits per heavy atom. The maximum atomic E-state index is 6.26. The van der Waals surface area contributed by atoms with Gasteiger partial charge in [-0.25, -0.2) is 0 Å². The number of aryl methyl sites for hydroxylation is 1. The van der Waals surface area contributed by atoms with Gasteiger partial charge in [-0.2, -0.15) is 5.21 Å². The van der Waals surface area contributed by atoms with E-state index in [-0.39, 0.29) is 0 Å². The number of fused-ring (bicyclic) bond motifs is 1. The van der Waals surface area contributed by atoms with Crippen LogP contribution >= 0.6 is 0 Å². The number of nitrogens with zero attached hydrogens (tertiary/aromatic N) is 4. The van der Waals surface area contributed by atoms with Gasteiger partial charge in [0, 0.05) is 29.3 Å². The van der Waals surface area contributed by atoms with Gasteiger partial charge in [0.25, 0.3) is 0 Å². The number of nitrogens with two attached hydrogens (primary N) is 1. The van der Waals surface area contributed by atoms with Crippen molar-refractivity contribution in [3.05, 3.63) is 89.6 Å². The lowest BCUT2D eigenvalue weighted by molar-refractivity contribution is 0.309. The van der Waals surface area contributed by atoms with Crippen LogP contribution in [0.5, 0.6) is 5.75 Å². The summed E-state index contributed by atoms with van der Waals surface area (Å²) >= 11 is 0. The van der Waals surface area contributed by atoms with Crippen molar-refractivity contribution in [1.82, 2.24) is 25.6 Å². The number of hydrogen-bond donors (Lipinski definition) is 2. The summed E-state index contributed by atoms with van der Waals surface area (Å²) < 4.78 is 6.26. The molecule has 2 aromatic heterocycles. The lowest BCUT2D eigenvalue weighted by Crippen LogP contribution is -2.02. The highest BCUT2D eigenvalue weighted by Gasteiger charge is 2.12. The summed E-state index contributed by atoms with van der Waals surface area (Å²) in [5.74, 6) is 1.41. The second-order valence-corrected chi connectivity index (χ2v) is 7.75. The predicted octanol–water partition coefficient (Wildman–Crippen LogP) is 4.68. The molecule has 3 aromatic carbocycles. The first-order valence-corrected chi connectivity index (χ1v) is 10.9. The van der Waals surface area contributed by atoms with Crippen molar-refractivity contribution in [2.45, 2.75) is 26.5 Å². The lowest BCUT2D eigenvalue weighted by atomic mass is 9.98. The Morgan fingerprint density at radius 1 is 0.939 bits per heavy atom. The smallest absolute Gasteiger partial charge is 0.205 e. The molecule has 0 aliphatic rings. The number of aromatic amines is 1. The molecule has 0 spiro atoms. The fourth-order valence-corrected chi connectivity index (χ4v) is 3.94. The second kappa shape index (κ2) is 9.18. The average molecular weight is 437 g/mol. The third-order valence-electron chi connectivity index (χ3n) is 5.69. The second-order valence-electron chi connectivity index (χ2n) is 7.75. The number of rotatable bonds is 7. The summed E-state index contributed by atoms with van der Waals surface area (Å²) in [6, 6.07) is 24.4. The third kappa shape index (κ3) is 4.18. The molecule has 5 aromatic rings. The quantitative estimate of drug-likeness (QED) is 0.384. The molecule has 5 rings (SSSR count). The number of hydrogen-bond acceptors (Lipinski definition) is 6. The molecular formula is C26H24N6O. The average Bonchev–Trinajstić information content (AvgIpc) is 3.42. The van der Waals surface area contributed by atoms with Gasteiger partial charge >= 0.3 is 0 Å². The Morgan fingerprint density at radius 2 is 1.76 bits per heavy atom. The van der Waals surface area contributed by atoms with E-state index >= 15 is 0 Å². The van der Waals surface area contributed by atoms with Crippen molar-refractivity contribution in [1.29, 1.82) is 0 Å². The fraction of sp³-hybridized carbons (Fsp3) is 0.154. The standard InChI is InChI=1S/C26H24N6O/c1-2-20-14-24(23-9-5-6-19(15-27)25(23)28-20)33-16-17-10-12-18(13-11-17)21-7-3-4-8-22(21)26-29-31-32-30-26/h3-14H,2,15-16,27H2,1H3,(H,29,30,31,32). The molecule has 7 heteroatoms. The first-order chi connectivity index (χ1) is 16.3. The monoisotopic (exact) mass is 436 g/mol. The number of benzene rings is 3. The van der Waals surface area contributed by atoms with Gasteiger partial charge in [0.05, 0.1) is 5.52 Å². The minimum Gasteiger partial charge on any atom is -0.488 e. The van der Waals surface area contributed by atoms with E-state index in [1.165, 1.54) is 0 Å². The number of aromatic nitrogens is 5. The maximum absolute atomic E-state index is 6.26. The van der Waals surface area contributed by atoms with Gasteiger partial charge in [-0.1, -0.05) is 67.6 Å². The Balaban J connectivity index is 1.40. The molecule has 33 heavy (non-hydrogen) atoms. The summed E-state index contributed by atoms with van der Waals surface area (Å²) in [7, 11) is 0. The lowest BCUT2D eigenvalue weighted by Gasteiger charge is -2.13. The van der Waals surface area contributed by atoms with Gasteiger partial charge < -0.3 is 10.5 Å². The van der Waals surface area contributed by atoms with Gasteiger partial charge in [0.15, 0.2) is 0 Å². The molecule has 0 atom stereocenters. The molecule has 164 valence electrons. The summed E-state index contributed by atoms with van der Waals surface area (Å²) in [4.78, 5) is 4.78. The van der Waals surface area contributed by atoms with E-state index in [2.05, 4.69) is 57.9 Å². The zero-order valence-corrected chi connectivity index (χ0v) is 18.3. The molecule has 0 fully saturated rings. The minimum atomic E-state index is 0.448. The van der Waals surface area contributed by atoms with Crippen molar-refractivity contribution in [3.8, 4) is 28.3 Å². The van der Waals surface area contributed by atoms with E-state index in [4.69, 9.17) is 15.5 Å². The predicted molar refractivity (Wildman–Crippen MR) is 128 cm³/mol. The first-order valence-electron chi connectivity index (χ1n) is 10.9. The van der Waals surface area contributed by atoms with E-state index in [9.17, 15) is 0 Å². The number of H-pyrrole nitrogens is 1. The van der Waals surface area contributed by atoms with Crippen molar-refractivity contribution >= 4 is 10.9 Å². The molecule has 0 aliphatic heterocycles. The number of pyridine rings is 1. The van der Waals surface area contributed by atoms with E-state index in [0.717, 1.165) is 56.6 Å². The van der Waals surface area contributed by atoms with Gasteiger partial charge in [-0.05, 0) is 40.0 Å². The zero-order chi connectivity index (χ0) is 22.6. The van der Waals surface area contributed by atoms with Crippen LogP contribution in [-0.2, 0) is 19.6 Å². The summed E-state index contributed by atoms with van der Waals surface area (Å²) in [5.41, 5.74) is 13.0. The van der Waals surface area contributed by atoms with Crippen molar-refractivity contribution < 1.29 is 4.74 Å². The summed E-state index contributed by atoms with van der Waals surface area (Å²) in [6.45, 7) is 3.00. The van der Waals surface area contributed by atoms with Crippen molar-refractivity contribution in [2.75, 3.05) is 0 Å². The molecule has 0 saturated carbocycles. The van der Waals surface area contributed by atoms with Gasteiger partial charge in [-0.3, -0.25) is 4.98 Å². The van der Waals surface area contributed by atoms with Crippen LogP contribution in [0.1, 0.15) is 23.7 Å². The summed E-state index contributed by atoms with van der Waals surface area (Å²) in [5, 5.41) is 15.4. The summed E-state index contributed by atoms with van der Waals surface area (Å²) in [6.07, 6.45) is 0.833. The Kier molecular flexibility index (Phi) is 5.78. The van der Waals surface area contributed by atoms with Crippen LogP contribution in [0, 0.1) is 0 Å². The Bertz CT molecular complexity index is 1380. The highest BCUT2D eigenvalue weighted by molar-refractivity contribution is 5.88. The maximum Gasteiger partial charge on any atom is 0.205 e. The molecule has 0 bridgehead atoms. The topological polar surface area (TPSA) is 103 Å². The molecule has 0 aliphatic carbocycles. The SMILES string of the molecule is CCc1cc(OCc2ccc(-c3ccccc3-c3nn[nH]n3)cc2)c2cccc(CN)c2n1. The highest BCUT2D eigenvalue weighted by atomic mass is 16.5. The van der Waals surface area contributed by atoms with Gasteiger partial charge in [0.2, 0.25) is 5.82 Å². The third-order valence-corrected chi connectivity index (χ3v) is 5.69. The molecule has 0 radical (unpaired) electrons. The van der Waals surface area contributed by atoms with Crippen molar-refractivity contribution in [2.24, 2.45) is 5.73 Å². The van der Waals surface area contributed by atoms with E-state index in [0.29, 0.717) is 19.0 Å². The van der Waals surface area contributed by atoms with Gasteiger partial charge in [-0.15, -0.1) is 10.2 Å². The van der Waals surface area contributed by atoms with Crippen LogP contribution in [0.3, 0.4) is 0 Å². The number of nitrogens with one attached hydrogen (secondary N) is 1. The van der Waals surface area contributed by atoms with Crippen LogP contribution in [0.2, 0.25) is 0 Å². The number of ether oxygens (including phenoxy) is 1. The van der Waals surface area contributed by atoms with Crippen LogP contribution < -0.4 is 10.5 Å². The molecule has 0 amide bonds. The molecule has 0 saturated heterocycles. The number of para-hydroxylation sites is 1. The highest BCUT2D eigenvalue weighted by Crippen LogP contribution is 2.31. The molecular weight excluding hydrogens is 412 g/mol.